The molecule has 0 saturated carbocycles. The lowest BCUT2D eigenvalue weighted by Gasteiger charge is -2.14. The summed E-state index contributed by atoms with van der Waals surface area (Å²) >= 11 is 0. The zero-order valence-corrected chi connectivity index (χ0v) is 18.4. The monoisotopic (exact) mass is 460 g/mol. The van der Waals surface area contributed by atoms with Gasteiger partial charge < -0.3 is 9.15 Å². The number of esters is 1. The zero-order chi connectivity index (χ0) is 23.9. The molecule has 1 heterocycles. The Morgan fingerprint density at radius 1 is 0.941 bits per heavy atom. The van der Waals surface area contributed by atoms with Crippen molar-refractivity contribution >= 4 is 40.1 Å². The molecule has 9 heteroatoms. The SMILES string of the molecule is CCOC(=O)C(Cc1ccc2ccc(C=NNO)cc2c1)c1cc2cc(C=NNO)ccc2o1. The molecule has 1 unspecified atom stereocenters. The van der Waals surface area contributed by atoms with E-state index in [9.17, 15) is 4.79 Å². The summed E-state index contributed by atoms with van der Waals surface area (Å²) in [5.74, 6) is -0.468. The molecule has 0 aliphatic carbocycles. The van der Waals surface area contributed by atoms with Gasteiger partial charge in [-0.15, -0.1) is 0 Å². The number of hydrazone groups is 2. The minimum absolute atomic E-state index is 0.268. The number of benzene rings is 3. The maximum absolute atomic E-state index is 12.9. The minimum atomic E-state index is -0.621. The van der Waals surface area contributed by atoms with E-state index >= 15 is 0 Å². The first-order valence-electron chi connectivity index (χ1n) is 10.7. The number of nitrogens with zero attached hydrogens (tertiary/aromatic N) is 2. The van der Waals surface area contributed by atoms with Gasteiger partial charge in [-0.25, -0.2) is 0 Å². The molecule has 0 aliphatic rings. The molecule has 3 aromatic carbocycles. The van der Waals surface area contributed by atoms with Gasteiger partial charge >= 0.3 is 5.97 Å². The molecular weight excluding hydrogens is 436 g/mol. The van der Waals surface area contributed by atoms with Crippen molar-refractivity contribution in [3.05, 3.63) is 83.1 Å². The van der Waals surface area contributed by atoms with Crippen molar-refractivity contribution in [1.29, 1.82) is 0 Å². The van der Waals surface area contributed by atoms with Crippen LogP contribution in [0.4, 0.5) is 0 Å². The van der Waals surface area contributed by atoms with Crippen LogP contribution in [0.3, 0.4) is 0 Å². The topological polar surface area (TPSA) is 129 Å². The summed E-state index contributed by atoms with van der Waals surface area (Å²) in [6.45, 7) is 2.04. The van der Waals surface area contributed by atoms with Crippen LogP contribution in [0.25, 0.3) is 21.7 Å². The standard InChI is InChI=1S/C25H24N4O5/c1-2-33-25(30)22(24-13-21-11-18(15-27-29-32)5-8-23(21)34-24)12-16-3-6-19-7-4-17(14-26-28-31)10-20(19)9-16/h3-11,13-15,22,28-29,31-32H,2,12H2,1H3. The first kappa shape index (κ1) is 23.0. The number of carbonyl (C=O) groups is 1. The van der Waals surface area contributed by atoms with Crippen LogP contribution >= 0.6 is 0 Å². The summed E-state index contributed by atoms with van der Waals surface area (Å²) in [7, 11) is 0. The van der Waals surface area contributed by atoms with Crippen LogP contribution in [0.5, 0.6) is 0 Å². The fourth-order valence-corrected chi connectivity index (χ4v) is 3.84. The van der Waals surface area contributed by atoms with Crippen LogP contribution in [0.1, 0.15) is 35.3 Å². The van der Waals surface area contributed by atoms with Crippen molar-refractivity contribution in [2.24, 2.45) is 10.2 Å². The Hall–Kier alpha value is -4.21. The van der Waals surface area contributed by atoms with Crippen molar-refractivity contribution in [3.63, 3.8) is 0 Å². The third kappa shape index (κ3) is 5.22. The fourth-order valence-electron chi connectivity index (χ4n) is 3.84. The fraction of sp³-hybridized carbons (Fsp3) is 0.160. The Bertz CT molecular complexity index is 1360. The average Bonchev–Trinajstić information content (AvgIpc) is 3.27. The van der Waals surface area contributed by atoms with E-state index < -0.39 is 5.92 Å². The van der Waals surface area contributed by atoms with Gasteiger partial charge in [0.15, 0.2) is 0 Å². The lowest BCUT2D eigenvalue weighted by atomic mass is 9.94. The normalized spacial score (nSPS) is 12.6. The molecule has 1 aromatic heterocycles. The van der Waals surface area contributed by atoms with E-state index in [1.807, 2.05) is 48.5 Å². The Kier molecular flexibility index (Phi) is 7.16. The number of carbonyl (C=O) groups excluding carboxylic acids is 1. The number of hydrogen-bond acceptors (Lipinski definition) is 9. The second kappa shape index (κ2) is 10.6. The summed E-state index contributed by atoms with van der Waals surface area (Å²) in [4.78, 5) is 12.9. The van der Waals surface area contributed by atoms with Gasteiger partial charge in [0, 0.05) is 5.39 Å². The van der Waals surface area contributed by atoms with Gasteiger partial charge in [0.25, 0.3) is 0 Å². The number of furan rings is 1. The van der Waals surface area contributed by atoms with Gasteiger partial charge in [-0.05, 0) is 71.1 Å². The third-order valence-electron chi connectivity index (χ3n) is 5.39. The molecule has 1 atom stereocenters. The molecule has 174 valence electrons. The molecule has 4 aromatic rings. The van der Waals surface area contributed by atoms with E-state index in [-0.39, 0.29) is 12.6 Å². The van der Waals surface area contributed by atoms with Crippen molar-refractivity contribution in [2.75, 3.05) is 6.61 Å². The summed E-state index contributed by atoms with van der Waals surface area (Å²) in [5, 5.41) is 27.4. The molecule has 0 bridgehead atoms. The molecule has 0 amide bonds. The van der Waals surface area contributed by atoms with Gasteiger partial charge in [0.05, 0.1) is 19.0 Å². The second-order valence-electron chi connectivity index (χ2n) is 7.61. The minimum Gasteiger partial charge on any atom is -0.465 e. The van der Waals surface area contributed by atoms with Crippen molar-refractivity contribution in [2.45, 2.75) is 19.3 Å². The number of fused-ring (bicyclic) bond motifs is 2. The molecule has 0 radical (unpaired) electrons. The molecule has 9 nitrogen and oxygen atoms in total. The highest BCUT2D eigenvalue weighted by Gasteiger charge is 2.26. The Labute approximate surface area is 195 Å². The lowest BCUT2D eigenvalue weighted by Crippen LogP contribution is -2.17. The first-order chi connectivity index (χ1) is 16.6. The number of ether oxygens (including phenoxy) is 1. The highest BCUT2D eigenvalue weighted by Crippen LogP contribution is 2.30. The van der Waals surface area contributed by atoms with Crippen molar-refractivity contribution < 1.29 is 24.4 Å². The quantitative estimate of drug-likeness (QED) is 0.168. The van der Waals surface area contributed by atoms with E-state index in [2.05, 4.69) is 10.2 Å². The van der Waals surface area contributed by atoms with Gasteiger partial charge in [-0.1, -0.05) is 30.3 Å². The van der Waals surface area contributed by atoms with E-state index in [4.69, 9.17) is 19.6 Å². The van der Waals surface area contributed by atoms with Gasteiger partial charge in [-0.3, -0.25) is 15.2 Å². The molecule has 0 saturated heterocycles. The molecular formula is C25H24N4O5. The van der Waals surface area contributed by atoms with Crippen molar-refractivity contribution in [3.8, 4) is 0 Å². The largest absolute Gasteiger partial charge is 0.465 e. The summed E-state index contributed by atoms with van der Waals surface area (Å²) in [6, 6.07) is 19.1. The maximum Gasteiger partial charge on any atom is 0.316 e. The van der Waals surface area contributed by atoms with Crippen LogP contribution in [-0.4, -0.2) is 35.4 Å². The predicted molar refractivity (Wildman–Crippen MR) is 128 cm³/mol. The maximum atomic E-state index is 12.9. The van der Waals surface area contributed by atoms with Crippen LogP contribution in [0.15, 0.2) is 75.3 Å². The Morgan fingerprint density at radius 3 is 2.32 bits per heavy atom. The van der Waals surface area contributed by atoms with E-state index in [1.54, 1.807) is 30.2 Å². The van der Waals surface area contributed by atoms with Crippen LogP contribution < -0.4 is 11.2 Å². The average molecular weight is 460 g/mol. The number of rotatable bonds is 9. The predicted octanol–water partition coefficient (Wildman–Crippen LogP) is 4.10. The summed E-state index contributed by atoms with van der Waals surface area (Å²) in [5.41, 5.74) is 6.66. The Morgan fingerprint density at radius 2 is 1.62 bits per heavy atom. The molecule has 4 N–H and O–H groups in total. The van der Waals surface area contributed by atoms with Crippen molar-refractivity contribution in [1.82, 2.24) is 11.2 Å². The van der Waals surface area contributed by atoms with E-state index in [1.165, 1.54) is 12.4 Å². The first-order valence-corrected chi connectivity index (χ1v) is 10.7. The van der Waals surface area contributed by atoms with E-state index in [0.29, 0.717) is 17.8 Å². The summed E-state index contributed by atoms with van der Waals surface area (Å²) < 4.78 is 11.4. The highest BCUT2D eigenvalue weighted by atomic mass is 16.5. The number of nitrogens with one attached hydrogen (secondary N) is 2. The van der Waals surface area contributed by atoms with Crippen LogP contribution in [0.2, 0.25) is 0 Å². The van der Waals surface area contributed by atoms with Crippen LogP contribution in [-0.2, 0) is 16.0 Å². The summed E-state index contributed by atoms with van der Waals surface area (Å²) in [6.07, 6.45) is 3.38. The molecule has 4 rings (SSSR count). The number of hydrogen-bond donors (Lipinski definition) is 4. The molecule has 0 spiro atoms. The zero-order valence-electron chi connectivity index (χ0n) is 18.4. The lowest BCUT2D eigenvalue weighted by molar-refractivity contribution is -0.145. The van der Waals surface area contributed by atoms with Crippen LogP contribution in [0, 0.1) is 0 Å². The smallest absolute Gasteiger partial charge is 0.316 e. The van der Waals surface area contributed by atoms with Gasteiger partial charge in [-0.2, -0.15) is 21.4 Å². The highest BCUT2D eigenvalue weighted by molar-refractivity contribution is 5.91. The molecule has 34 heavy (non-hydrogen) atoms. The second-order valence-corrected chi connectivity index (χ2v) is 7.61. The molecule has 0 aliphatic heterocycles. The third-order valence-corrected chi connectivity index (χ3v) is 5.39. The van der Waals surface area contributed by atoms with Gasteiger partial charge in [0.2, 0.25) is 0 Å². The van der Waals surface area contributed by atoms with Gasteiger partial charge in [0.1, 0.15) is 17.3 Å². The Balaban J connectivity index is 1.67. The molecule has 0 fully saturated rings. The van der Waals surface area contributed by atoms with E-state index in [0.717, 1.165) is 32.8 Å².